The zero-order chi connectivity index (χ0) is 20.5. The minimum absolute atomic E-state index is 0.0402. The van der Waals surface area contributed by atoms with Crippen molar-refractivity contribution in [3.05, 3.63) is 29.8 Å². The van der Waals surface area contributed by atoms with Gasteiger partial charge in [-0.25, -0.2) is 9.18 Å². The molecule has 3 heterocycles. The number of cyclic esters (lactones) is 1. The Kier molecular flexibility index (Phi) is 5.03. The molecule has 0 saturated carbocycles. The lowest BCUT2D eigenvalue weighted by molar-refractivity contribution is -0.119. The van der Waals surface area contributed by atoms with Gasteiger partial charge in [0.05, 0.1) is 30.5 Å². The predicted molar refractivity (Wildman–Crippen MR) is 101 cm³/mol. The second kappa shape index (κ2) is 7.64. The predicted octanol–water partition coefficient (Wildman–Crippen LogP) is 1.03. The number of halogens is 1. The van der Waals surface area contributed by atoms with Gasteiger partial charge < -0.3 is 15.0 Å². The number of nitrogens with zero attached hydrogens (tertiary/aromatic N) is 6. The zero-order valence-corrected chi connectivity index (χ0v) is 16.2. The number of carbonyl (C=O) groups excluding carboxylic acids is 2. The van der Waals surface area contributed by atoms with Crippen LogP contribution in [-0.2, 0) is 9.53 Å². The van der Waals surface area contributed by atoms with Crippen LogP contribution in [0.5, 0.6) is 0 Å². The Morgan fingerprint density at radius 2 is 2.21 bits per heavy atom. The molecule has 0 aliphatic carbocycles. The summed E-state index contributed by atoms with van der Waals surface area (Å²) in [6, 6.07) is 4.74. The molecule has 2 amide bonds. The fourth-order valence-electron chi connectivity index (χ4n) is 3.62. The van der Waals surface area contributed by atoms with E-state index in [4.69, 9.17) is 4.74 Å². The van der Waals surface area contributed by atoms with Crippen LogP contribution in [-0.4, -0.2) is 64.5 Å². The number of tetrazole rings is 1. The number of nitrogens with one attached hydrogen (secondary N) is 1. The van der Waals surface area contributed by atoms with E-state index in [1.165, 1.54) is 17.9 Å². The minimum atomic E-state index is -0.554. The van der Waals surface area contributed by atoms with E-state index >= 15 is 0 Å². The van der Waals surface area contributed by atoms with Crippen molar-refractivity contribution in [3.8, 4) is 0 Å². The summed E-state index contributed by atoms with van der Waals surface area (Å²) in [5.74, 6) is -0.00709. The quantitative estimate of drug-likeness (QED) is 0.795. The molecule has 2 aromatic rings. The van der Waals surface area contributed by atoms with Crippen LogP contribution in [0.15, 0.2) is 18.2 Å². The molecular weight excluding hydrogens is 381 g/mol. The normalized spacial score (nSPS) is 21.6. The number of aromatic nitrogens is 4. The molecule has 11 heteroatoms. The van der Waals surface area contributed by atoms with Gasteiger partial charge in [0, 0.05) is 20.0 Å². The highest BCUT2D eigenvalue weighted by Gasteiger charge is 2.33. The van der Waals surface area contributed by atoms with Gasteiger partial charge in [0.15, 0.2) is 5.82 Å². The summed E-state index contributed by atoms with van der Waals surface area (Å²) in [5.41, 5.74) is 0.890. The van der Waals surface area contributed by atoms with Gasteiger partial charge in [0.2, 0.25) is 5.91 Å². The van der Waals surface area contributed by atoms with E-state index in [0.717, 1.165) is 6.42 Å². The van der Waals surface area contributed by atoms with Gasteiger partial charge >= 0.3 is 6.09 Å². The molecule has 154 valence electrons. The average Bonchev–Trinajstić information content (AvgIpc) is 3.39. The Balaban J connectivity index is 1.43. The van der Waals surface area contributed by atoms with E-state index in [-0.39, 0.29) is 25.0 Å². The molecule has 0 radical (unpaired) electrons. The summed E-state index contributed by atoms with van der Waals surface area (Å²) >= 11 is 0. The average molecular weight is 403 g/mol. The van der Waals surface area contributed by atoms with Crippen molar-refractivity contribution in [2.24, 2.45) is 0 Å². The van der Waals surface area contributed by atoms with Crippen LogP contribution in [0.3, 0.4) is 0 Å². The number of ether oxygens (including phenoxy) is 1. The summed E-state index contributed by atoms with van der Waals surface area (Å²) in [4.78, 5) is 28.0. The Bertz CT molecular complexity index is 934. The van der Waals surface area contributed by atoms with Crippen LogP contribution in [0.25, 0.3) is 0 Å². The molecule has 2 fully saturated rings. The SMILES string of the molecule is CC(=O)NC[C@H]1CN(c2ccc(N3CC[C@@H](n4nnc(C)n4)C3)c(F)c2)C(=O)O1. The Morgan fingerprint density at radius 1 is 1.38 bits per heavy atom. The van der Waals surface area contributed by atoms with Crippen LogP contribution >= 0.6 is 0 Å². The molecule has 2 atom stereocenters. The summed E-state index contributed by atoms with van der Waals surface area (Å²) in [7, 11) is 0. The van der Waals surface area contributed by atoms with Crippen LogP contribution in [0.2, 0.25) is 0 Å². The standard InChI is InChI=1S/C18H22FN7O3/c1-11-21-23-26(22-11)14-5-6-24(9-14)17-4-3-13(7-16(17)19)25-10-15(29-18(25)28)8-20-12(2)27/h3-4,7,14-15H,5-6,8-10H2,1-2H3,(H,20,27)/t14-,15+/m1/s1. The van der Waals surface area contributed by atoms with E-state index in [1.807, 2.05) is 4.90 Å². The summed E-state index contributed by atoms with van der Waals surface area (Å²) in [6.07, 6.45) is -0.228. The topological polar surface area (TPSA) is 105 Å². The van der Waals surface area contributed by atoms with Crippen LogP contribution in [0.4, 0.5) is 20.6 Å². The second-order valence-corrected chi connectivity index (χ2v) is 7.23. The van der Waals surface area contributed by atoms with Crippen molar-refractivity contribution in [1.82, 2.24) is 25.5 Å². The Morgan fingerprint density at radius 3 is 2.90 bits per heavy atom. The molecule has 4 rings (SSSR count). The van der Waals surface area contributed by atoms with Crippen molar-refractivity contribution in [2.75, 3.05) is 36.0 Å². The third kappa shape index (κ3) is 3.98. The van der Waals surface area contributed by atoms with Crippen molar-refractivity contribution in [2.45, 2.75) is 32.4 Å². The third-order valence-corrected chi connectivity index (χ3v) is 5.05. The third-order valence-electron chi connectivity index (χ3n) is 5.05. The number of carbonyl (C=O) groups is 2. The fourth-order valence-corrected chi connectivity index (χ4v) is 3.62. The minimum Gasteiger partial charge on any atom is -0.442 e. The molecule has 1 aromatic carbocycles. The van der Waals surface area contributed by atoms with Gasteiger partial charge in [-0.1, -0.05) is 0 Å². The van der Waals surface area contributed by atoms with Gasteiger partial charge in [-0.15, -0.1) is 10.2 Å². The first-order chi connectivity index (χ1) is 13.9. The number of benzene rings is 1. The molecule has 10 nitrogen and oxygen atoms in total. The number of aryl methyl sites for hydroxylation is 1. The monoisotopic (exact) mass is 403 g/mol. The van der Waals surface area contributed by atoms with Gasteiger partial charge in [-0.3, -0.25) is 9.69 Å². The lowest BCUT2D eigenvalue weighted by atomic mass is 10.2. The van der Waals surface area contributed by atoms with Crippen molar-refractivity contribution < 1.29 is 18.7 Å². The molecule has 0 unspecified atom stereocenters. The maximum Gasteiger partial charge on any atom is 0.414 e. The molecular formula is C18H22FN7O3. The largest absolute Gasteiger partial charge is 0.442 e. The van der Waals surface area contributed by atoms with Gasteiger partial charge in [0.25, 0.3) is 0 Å². The number of anilines is 2. The summed E-state index contributed by atoms with van der Waals surface area (Å²) in [6.45, 7) is 4.90. The smallest absolute Gasteiger partial charge is 0.414 e. The lowest BCUT2D eigenvalue weighted by Crippen LogP contribution is -2.33. The van der Waals surface area contributed by atoms with Gasteiger partial charge in [0.1, 0.15) is 11.9 Å². The molecule has 1 N–H and O–H groups in total. The van der Waals surface area contributed by atoms with E-state index in [0.29, 0.717) is 30.3 Å². The van der Waals surface area contributed by atoms with Crippen molar-refractivity contribution in [1.29, 1.82) is 0 Å². The molecule has 2 aliphatic rings. The molecule has 29 heavy (non-hydrogen) atoms. The first-order valence-corrected chi connectivity index (χ1v) is 9.44. The number of rotatable bonds is 5. The summed E-state index contributed by atoms with van der Waals surface area (Å²) in [5, 5.41) is 14.8. The van der Waals surface area contributed by atoms with Gasteiger partial charge in [-0.05, 0) is 36.8 Å². The summed E-state index contributed by atoms with van der Waals surface area (Å²) < 4.78 is 20.1. The van der Waals surface area contributed by atoms with E-state index in [2.05, 4.69) is 20.7 Å². The molecule has 1 aromatic heterocycles. The molecule has 2 aliphatic heterocycles. The lowest BCUT2D eigenvalue weighted by Gasteiger charge is -2.21. The number of hydrogen-bond acceptors (Lipinski definition) is 7. The second-order valence-electron chi connectivity index (χ2n) is 7.23. The van der Waals surface area contributed by atoms with Crippen molar-refractivity contribution in [3.63, 3.8) is 0 Å². The molecule has 0 spiro atoms. The van der Waals surface area contributed by atoms with Crippen LogP contribution in [0.1, 0.15) is 25.2 Å². The highest BCUT2D eigenvalue weighted by molar-refractivity contribution is 5.90. The Hall–Kier alpha value is -3.24. The molecule has 0 bridgehead atoms. The number of hydrogen-bond donors (Lipinski definition) is 1. The van der Waals surface area contributed by atoms with E-state index in [9.17, 15) is 14.0 Å². The highest BCUT2D eigenvalue weighted by Crippen LogP contribution is 2.31. The van der Waals surface area contributed by atoms with E-state index in [1.54, 1.807) is 23.9 Å². The Labute approximate surface area is 166 Å². The fraction of sp³-hybridized carbons (Fsp3) is 0.500. The van der Waals surface area contributed by atoms with E-state index < -0.39 is 18.0 Å². The van der Waals surface area contributed by atoms with Crippen LogP contribution < -0.4 is 15.1 Å². The zero-order valence-electron chi connectivity index (χ0n) is 16.2. The highest BCUT2D eigenvalue weighted by atomic mass is 19.1. The first kappa shape index (κ1) is 19.1. The molecule has 2 saturated heterocycles. The van der Waals surface area contributed by atoms with Crippen LogP contribution in [0, 0.1) is 12.7 Å². The maximum atomic E-state index is 14.8. The van der Waals surface area contributed by atoms with Crippen molar-refractivity contribution >= 4 is 23.4 Å². The number of amides is 2. The first-order valence-electron chi connectivity index (χ1n) is 9.44. The van der Waals surface area contributed by atoms with Gasteiger partial charge in [-0.2, -0.15) is 4.80 Å². The maximum absolute atomic E-state index is 14.8.